The number of carbonyl (C=O) groups is 1. The summed E-state index contributed by atoms with van der Waals surface area (Å²) in [5.41, 5.74) is 2.47. The van der Waals surface area contributed by atoms with Crippen molar-refractivity contribution in [3.05, 3.63) is 77.4 Å². The molecule has 2 heterocycles. The topological polar surface area (TPSA) is 92.7 Å². The molecule has 2 aliphatic rings. The van der Waals surface area contributed by atoms with E-state index >= 15 is 0 Å². The summed E-state index contributed by atoms with van der Waals surface area (Å²) >= 11 is 0. The number of fused-ring (bicyclic) bond motifs is 1. The summed E-state index contributed by atoms with van der Waals surface area (Å²) in [4.78, 5) is 12.7. The Labute approximate surface area is 209 Å². The predicted octanol–water partition coefficient (Wildman–Crippen LogP) is 4.08. The van der Waals surface area contributed by atoms with Crippen molar-refractivity contribution in [1.82, 2.24) is 0 Å². The molecule has 3 aromatic carbocycles. The summed E-state index contributed by atoms with van der Waals surface area (Å²) < 4.78 is 33.4. The highest BCUT2D eigenvalue weighted by atomic mass is 16.7. The molecule has 0 radical (unpaired) electrons. The monoisotopic (exact) mass is 492 g/mol. The molecule has 188 valence electrons. The van der Waals surface area contributed by atoms with Crippen molar-refractivity contribution in [1.29, 1.82) is 0 Å². The van der Waals surface area contributed by atoms with Crippen molar-refractivity contribution >= 4 is 5.97 Å². The number of esters is 1. The van der Waals surface area contributed by atoms with Crippen LogP contribution < -0.4 is 23.7 Å². The maximum absolute atomic E-state index is 12.7. The summed E-state index contributed by atoms with van der Waals surface area (Å²) in [6.07, 6.45) is -0.565. The van der Waals surface area contributed by atoms with Crippen LogP contribution in [0.1, 0.15) is 22.8 Å². The van der Waals surface area contributed by atoms with Crippen LogP contribution in [0.15, 0.2) is 60.7 Å². The second kappa shape index (κ2) is 10.4. The van der Waals surface area contributed by atoms with Gasteiger partial charge in [0.1, 0.15) is 6.61 Å². The Morgan fingerprint density at radius 3 is 2.36 bits per heavy atom. The molecule has 1 saturated heterocycles. The van der Waals surface area contributed by atoms with Crippen molar-refractivity contribution in [2.24, 2.45) is 11.8 Å². The summed E-state index contributed by atoms with van der Waals surface area (Å²) in [6, 6.07) is 18.8. The zero-order valence-corrected chi connectivity index (χ0v) is 20.1. The van der Waals surface area contributed by atoms with Crippen LogP contribution in [0.5, 0.6) is 28.7 Å². The van der Waals surface area contributed by atoms with E-state index in [9.17, 15) is 9.90 Å². The quantitative estimate of drug-likeness (QED) is 0.447. The number of benzene rings is 3. The minimum absolute atomic E-state index is 0.131. The van der Waals surface area contributed by atoms with E-state index in [2.05, 4.69) is 0 Å². The van der Waals surface area contributed by atoms with E-state index in [0.29, 0.717) is 47.3 Å². The average molecular weight is 493 g/mol. The normalized spacial score (nSPS) is 19.0. The molecule has 1 fully saturated rings. The third kappa shape index (κ3) is 4.77. The van der Waals surface area contributed by atoms with Crippen LogP contribution in [0.25, 0.3) is 0 Å². The Balaban J connectivity index is 1.36. The Morgan fingerprint density at radius 1 is 0.917 bits per heavy atom. The number of aliphatic hydroxyl groups is 1. The summed E-state index contributed by atoms with van der Waals surface area (Å²) in [6.45, 7) is 0.633. The van der Waals surface area contributed by atoms with E-state index < -0.39 is 17.9 Å². The van der Waals surface area contributed by atoms with Crippen molar-refractivity contribution in [2.45, 2.75) is 19.1 Å². The van der Waals surface area contributed by atoms with E-state index in [-0.39, 0.29) is 19.4 Å². The molecule has 0 bridgehead atoms. The van der Waals surface area contributed by atoms with E-state index in [0.717, 1.165) is 11.1 Å². The number of rotatable bonds is 9. The molecule has 0 aromatic heterocycles. The van der Waals surface area contributed by atoms with Gasteiger partial charge in [0.15, 0.2) is 23.0 Å². The third-order valence-corrected chi connectivity index (χ3v) is 6.58. The number of hydrogen-bond donors (Lipinski definition) is 1. The van der Waals surface area contributed by atoms with Crippen LogP contribution in [0, 0.1) is 11.8 Å². The smallest absolute Gasteiger partial charge is 0.309 e. The lowest BCUT2D eigenvalue weighted by Gasteiger charge is -2.22. The number of cyclic esters (lactones) is 1. The molecule has 2 aliphatic heterocycles. The molecule has 1 unspecified atom stereocenters. The number of ether oxygens (including phenoxy) is 6. The molecule has 5 rings (SSSR count). The van der Waals surface area contributed by atoms with Crippen LogP contribution in [-0.2, 0) is 22.6 Å². The van der Waals surface area contributed by atoms with Gasteiger partial charge >= 0.3 is 5.97 Å². The van der Waals surface area contributed by atoms with Crippen molar-refractivity contribution < 1.29 is 38.3 Å². The van der Waals surface area contributed by atoms with Gasteiger partial charge in [-0.25, -0.2) is 0 Å². The van der Waals surface area contributed by atoms with E-state index in [4.69, 9.17) is 28.4 Å². The zero-order chi connectivity index (χ0) is 25.1. The van der Waals surface area contributed by atoms with Crippen LogP contribution in [0.4, 0.5) is 0 Å². The lowest BCUT2D eigenvalue weighted by Crippen LogP contribution is -2.24. The fraction of sp³-hybridized carbons (Fsp3) is 0.321. The maximum atomic E-state index is 12.7. The molecule has 1 N–H and O–H groups in total. The van der Waals surface area contributed by atoms with Gasteiger partial charge in [0.25, 0.3) is 0 Å². The molecule has 0 saturated carbocycles. The average Bonchev–Trinajstić information content (AvgIpc) is 3.53. The standard InChI is InChI=1S/C28H28O8/c1-31-24-11-18(12-25(32-2)27(24)33-14-17-6-4-3-5-7-17)10-20-21(15-34-28(20)30)26(29)19-8-9-22-23(13-19)36-16-35-22/h3-9,11-13,20-21,26,29H,10,14-16H2,1-2H3/t20-,21+,26?/m1/s1. The molecular weight excluding hydrogens is 464 g/mol. The second-order valence-electron chi connectivity index (χ2n) is 8.77. The minimum Gasteiger partial charge on any atom is -0.493 e. The molecule has 3 aromatic rings. The molecule has 36 heavy (non-hydrogen) atoms. The summed E-state index contributed by atoms with van der Waals surface area (Å²) in [5, 5.41) is 11.1. The van der Waals surface area contributed by atoms with E-state index in [1.165, 1.54) is 0 Å². The first-order chi connectivity index (χ1) is 17.6. The highest BCUT2D eigenvalue weighted by molar-refractivity contribution is 5.75. The van der Waals surface area contributed by atoms with Gasteiger partial charge in [-0.1, -0.05) is 36.4 Å². The Bertz CT molecular complexity index is 1200. The van der Waals surface area contributed by atoms with Crippen LogP contribution in [-0.4, -0.2) is 38.7 Å². The fourth-order valence-electron chi connectivity index (χ4n) is 4.64. The Kier molecular flexibility index (Phi) is 6.86. The SMILES string of the molecule is COc1cc(C[C@H]2C(=O)OC[C@@H]2C(O)c2ccc3c(c2)OCO3)cc(OC)c1OCc1ccccc1. The van der Waals surface area contributed by atoms with Gasteiger partial charge < -0.3 is 33.5 Å². The Hall–Kier alpha value is -3.91. The first-order valence-corrected chi connectivity index (χ1v) is 11.7. The van der Waals surface area contributed by atoms with Gasteiger partial charge in [-0.2, -0.15) is 0 Å². The van der Waals surface area contributed by atoms with E-state index in [1.54, 1.807) is 32.4 Å². The number of aliphatic hydroxyl groups excluding tert-OH is 1. The van der Waals surface area contributed by atoms with Crippen LogP contribution >= 0.6 is 0 Å². The predicted molar refractivity (Wildman–Crippen MR) is 129 cm³/mol. The highest BCUT2D eigenvalue weighted by Gasteiger charge is 2.42. The lowest BCUT2D eigenvalue weighted by atomic mass is 9.83. The van der Waals surface area contributed by atoms with Crippen molar-refractivity contribution in [2.75, 3.05) is 27.6 Å². The van der Waals surface area contributed by atoms with Gasteiger partial charge in [0, 0.05) is 5.92 Å². The fourth-order valence-corrected chi connectivity index (χ4v) is 4.64. The zero-order valence-electron chi connectivity index (χ0n) is 20.1. The minimum atomic E-state index is -0.909. The highest BCUT2D eigenvalue weighted by Crippen LogP contribution is 2.43. The number of methoxy groups -OCH3 is 2. The molecule has 0 aliphatic carbocycles. The summed E-state index contributed by atoms with van der Waals surface area (Å²) in [5.74, 6) is 1.38. The van der Waals surface area contributed by atoms with Crippen LogP contribution in [0.2, 0.25) is 0 Å². The first kappa shape index (κ1) is 23.8. The second-order valence-corrected chi connectivity index (χ2v) is 8.77. The molecule has 0 spiro atoms. The number of hydrogen-bond acceptors (Lipinski definition) is 8. The molecule has 8 nitrogen and oxygen atoms in total. The lowest BCUT2D eigenvalue weighted by molar-refractivity contribution is -0.141. The Morgan fingerprint density at radius 2 is 1.64 bits per heavy atom. The maximum Gasteiger partial charge on any atom is 0.309 e. The molecule has 8 heteroatoms. The van der Waals surface area contributed by atoms with Gasteiger partial charge in [-0.3, -0.25) is 4.79 Å². The van der Waals surface area contributed by atoms with Crippen molar-refractivity contribution in [3.63, 3.8) is 0 Å². The first-order valence-electron chi connectivity index (χ1n) is 11.7. The van der Waals surface area contributed by atoms with E-state index in [1.807, 2.05) is 42.5 Å². The van der Waals surface area contributed by atoms with Gasteiger partial charge in [0.05, 0.1) is 32.8 Å². The van der Waals surface area contributed by atoms with Crippen molar-refractivity contribution in [3.8, 4) is 28.7 Å². The molecule has 3 atom stereocenters. The van der Waals surface area contributed by atoms with Gasteiger partial charge in [-0.05, 0) is 47.4 Å². The largest absolute Gasteiger partial charge is 0.493 e. The third-order valence-electron chi connectivity index (χ3n) is 6.58. The number of carbonyl (C=O) groups excluding carboxylic acids is 1. The van der Waals surface area contributed by atoms with Crippen LogP contribution in [0.3, 0.4) is 0 Å². The van der Waals surface area contributed by atoms with Gasteiger partial charge in [-0.15, -0.1) is 0 Å². The molecule has 0 amide bonds. The van der Waals surface area contributed by atoms with Gasteiger partial charge in [0.2, 0.25) is 12.5 Å². The summed E-state index contributed by atoms with van der Waals surface area (Å²) in [7, 11) is 3.12. The molecular formula is C28H28O8.